The van der Waals surface area contributed by atoms with Crippen molar-refractivity contribution in [2.24, 2.45) is 5.92 Å². The van der Waals surface area contributed by atoms with Crippen LogP contribution in [0.2, 0.25) is 0 Å². The van der Waals surface area contributed by atoms with E-state index < -0.39 is 0 Å². The summed E-state index contributed by atoms with van der Waals surface area (Å²) in [5.41, 5.74) is 10.6. The number of para-hydroxylation sites is 1. The number of rotatable bonds is 5. The van der Waals surface area contributed by atoms with E-state index in [1.807, 2.05) is 0 Å². The number of benzene rings is 6. The SMILES string of the molecule is C/C=C(\C=C/Cc1c2ccccc2c(-c2ccc(C)c3ccccc23)c2ccccc12)n1c2c(c3ccccc31)C=C[C@H](C)C2. The van der Waals surface area contributed by atoms with Crippen molar-refractivity contribution in [1.82, 2.24) is 4.57 Å². The first kappa shape index (κ1) is 27.4. The molecule has 1 heterocycles. The summed E-state index contributed by atoms with van der Waals surface area (Å²) in [6.45, 7) is 6.68. The van der Waals surface area contributed by atoms with E-state index in [0.29, 0.717) is 5.92 Å². The summed E-state index contributed by atoms with van der Waals surface area (Å²) in [5, 5.41) is 9.23. The predicted molar refractivity (Wildman–Crippen MR) is 196 cm³/mol. The third-order valence-electron chi connectivity index (χ3n) is 9.74. The second-order valence-electron chi connectivity index (χ2n) is 12.5. The molecule has 1 nitrogen and oxygen atoms in total. The third-order valence-corrected chi connectivity index (χ3v) is 9.74. The molecule has 0 spiro atoms. The summed E-state index contributed by atoms with van der Waals surface area (Å²) in [7, 11) is 0. The zero-order valence-electron chi connectivity index (χ0n) is 26.2. The fourth-order valence-electron chi connectivity index (χ4n) is 7.63. The molecule has 0 bridgehead atoms. The van der Waals surface area contributed by atoms with Crippen LogP contribution >= 0.6 is 0 Å². The molecule has 1 aliphatic carbocycles. The number of aryl methyl sites for hydroxylation is 1. The molecule has 45 heavy (non-hydrogen) atoms. The molecule has 0 saturated heterocycles. The topological polar surface area (TPSA) is 4.93 Å². The Morgan fingerprint density at radius 1 is 0.711 bits per heavy atom. The number of fused-ring (bicyclic) bond motifs is 6. The van der Waals surface area contributed by atoms with E-state index in [2.05, 4.69) is 165 Å². The monoisotopic (exact) mass is 579 g/mol. The lowest BCUT2D eigenvalue weighted by Gasteiger charge is -2.19. The Balaban J connectivity index is 1.28. The van der Waals surface area contributed by atoms with Crippen molar-refractivity contribution >= 4 is 55.0 Å². The highest BCUT2D eigenvalue weighted by atomic mass is 15.0. The molecule has 218 valence electrons. The van der Waals surface area contributed by atoms with Gasteiger partial charge in [-0.05, 0) is 99.3 Å². The largest absolute Gasteiger partial charge is 0.313 e. The molecule has 8 rings (SSSR count). The van der Waals surface area contributed by atoms with Crippen molar-refractivity contribution in [3.05, 3.63) is 156 Å². The standard InChI is InChI=1S/C44H37N/c1-4-31(45-42-23-12-11-19-37(42)38-26-24-29(2)28-43(38)45)14-13-22-34-35-17-7-9-20-39(35)44(40-21-10-8-18-36(34)40)41-27-25-30(3)32-15-5-6-16-33(32)41/h4-21,23-27,29H,22,28H2,1-3H3/b14-13-,31-4+/t29-/m0/s1. The molecule has 1 aromatic heterocycles. The Bertz CT molecular complexity index is 2300. The Hall–Kier alpha value is -5.14. The summed E-state index contributed by atoms with van der Waals surface area (Å²) >= 11 is 0. The van der Waals surface area contributed by atoms with Crippen LogP contribution in [0.1, 0.15) is 36.2 Å². The molecule has 0 N–H and O–H groups in total. The van der Waals surface area contributed by atoms with Crippen LogP contribution < -0.4 is 0 Å². The molecule has 7 aromatic rings. The van der Waals surface area contributed by atoms with Gasteiger partial charge in [0.1, 0.15) is 0 Å². The fourth-order valence-corrected chi connectivity index (χ4v) is 7.63. The van der Waals surface area contributed by atoms with Crippen molar-refractivity contribution in [1.29, 1.82) is 0 Å². The quantitative estimate of drug-likeness (QED) is 0.141. The van der Waals surface area contributed by atoms with E-state index in [0.717, 1.165) is 12.8 Å². The van der Waals surface area contributed by atoms with E-state index >= 15 is 0 Å². The van der Waals surface area contributed by atoms with Gasteiger partial charge in [0.2, 0.25) is 0 Å². The number of aromatic nitrogens is 1. The second kappa shape index (κ2) is 11.1. The van der Waals surface area contributed by atoms with Crippen LogP contribution in [-0.2, 0) is 12.8 Å². The minimum absolute atomic E-state index is 0.532. The van der Waals surface area contributed by atoms with Crippen molar-refractivity contribution in [2.45, 2.75) is 33.6 Å². The molecule has 0 aliphatic heterocycles. The first-order chi connectivity index (χ1) is 22.1. The Morgan fingerprint density at radius 2 is 1.31 bits per heavy atom. The minimum atomic E-state index is 0.532. The van der Waals surface area contributed by atoms with Crippen LogP contribution in [0.5, 0.6) is 0 Å². The first-order valence-corrected chi connectivity index (χ1v) is 16.2. The van der Waals surface area contributed by atoms with Crippen LogP contribution in [0, 0.1) is 12.8 Å². The smallest absolute Gasteiger partial charge is 0.0537 e. The normalized spacial score (nSPS) is 15.2. The van der Waals surface area contributed by atoms with Gasteiger partial charge >= 0.3 is 0 Å². The van der Waals surface area contributed by atoms with Crippen molar-refractivity contribution in [2.75, 3.05) is 0 Å². The highest BCUT2D eigenvalue weighted by Crippen LogP contribution is 2.43. The van der Waals surface area contributed by atoms with Gasteiger partial charge in [-0.15, -0.1) is 0 Å². The van der Waals surface area contributed by atoms with E-state index in [1.54, 1.807) is 0 Å². The minimum Gasteiger partial charge on any atom is -0.313 e. The highest BCUT2D eigenvalue weighted by molar-refractivity contribution is 6.18. The molecule has 0 unspecified atom stereocenters. The van der Waals surface area contributed by atoms with Gasteiger partial charge in [-0.3, -0.25) is 0 Å². The van der Waals surface area contributed by atoms with Crippen LogP contribution in [0.25, 0.3) is 66.1 Å². The average Bonchev–Trinajstić information content (AvgIpc) is 3.40. The maximum atomic E-state index is 2.49. The molecule has 0 saturated carbocycles. The molecule has 0 radical (unpaired) electrons. The maximum Gasteiger partial charge on any atom is 0.0537 e. The lowest BCUT2D eigenvalue weighted by atomic mass is 9.85. The molecule has 1 atom stereocenters. The second-order valence-corrected chi connectivity index (χ2v) is 12.5. The highest BCUT2D eigenvalue weighted by Gasteiger charge is 2.21. The van der Waals surface area contributed by atoms with Crippen molar-refractivity contribution < 1.29 is 0 Å². The van der Waals surface area contributed by atoms with Crippen LogP contribution in [0.4, 0.5) is 0 Å². The molecule has 0 amide bonds. The van der Waals surface area contributed by atoms with Gasteiger partial charge in [0.15, 0.2) is 0 Å². The Kier molecular flexibility index (Phi) is 6.76. The zero-order chi connectivity index (χ0) is 30.5. The van der Waals surface area contributed by atoms with Gasteiger partial charge in [-0.1, -0.05) is 134 Å². The fraction of sp³-hybridized carbons (Fsp3) is 0.136. The van der Waals surface area contributed by atoms with Crippen LogP contribution in [0.3, 0.4) is 0 Å². The zero-order valence-corrected chi connectivity index (χ0v) is 26.2. The number of hydrogen-bond acceptors (Lipinski definition) is 0. The van der Waals surface area contributed by atoms with Gasteiger partial charge in [0, 0.05) is 22.3 Å². The van der Waals surface area contributed by atoms with Crippen LogP contribution in [0.15, 0.2) is 133 Å². The summed E-state index contributed by atoms with van der Waals surface area (Å²) < 4.78 is 2.49. The molecular formula is C44H37N. The Morgan fingerprint density at radius 3 is 2.00 bits per heavy atom. The summed E-state index contributed by atoms with van der Waals surface area (Å²) in [5.74, 6) is 0.532. The number of nitrogens with zero attached hydrogens (tertiary/aromatic N) is 1. The summed E-state index contributed by atoms with van der Waals surface area (Å²) in [4.78, 5) is 0. The van der Waals surface area contributed by atoms with E-state index in [9.17, 15) is 0 Å². The molecule has 0 fully saturated rings. The molecule has 1 heteroatoms. The maximum absolute atomic E-state index is 2.49. The van der Waals surface area contributed by atoms with Gasteiger partial charge in [0.05, 0.1) is 5.52 Å². The molecular weight excluding hydrogens is 542 g/mol. The lowest BCUT2D eigenvalue weighted by molar-refractivity contribution is 0.693. The van der Waals surface area contributed by atoms with Gasteiger partial charge in [-0.2, -0.15) is 0 Å². The number of allylic oxidation sites excluding steroid dienone is 5. The van der Waals surface area contributed by atoms with E-state index in [4.69, 9.17) is 0 Å². The summed E-state index contributed by atoms with van der Waals surface area (Å²) in [6.07, 6.45) is 13.5. The van der Waals surface area contributed by atoms with E-state index in [-0.39, 0.29) is 0 Å². The predicted octanol–water partition coefficient (Wildman–Crippen LogP) is 11.9. The third kappa shape index (κ3) is 4.46. The van der Waals surface area contributed by atoms with Gasteiger partial charge in [-0.25, -0.2) is 0 Å². The molecule has 1 aliphatic rings. The van der Waals surface area contributed by atoms with Crippen molar-refractivity contribution in [3.63, 3.8) is 0 Å². The lowest BCUT2D eigenvalue weighted by Crippen LogP contribution is -2.08. The van der Waals surface area contributed by atoms with E-state index in [1.165, 1.54) is 82.4 Å². The van der Waals surface area contributed by atoms with Gasteiger partial charge in [0.25, 0.3) is 0 Å². The molecule has 6 aromatic carbocycles. The first-order valence-electron chi connectivity index (χ1n) is 16.2. The van der Waals surface area contributed by atoms with Crippen LogP contribution in [-0.4, -0.2) is 4.57 Å². The number of hydrogen-bond donors (Lipinski definition) is 0. The van der Waals surface area contributed by atoms with Gasteiger partial charge < -0.3 is 4.57 Å². The summed E-state index contributed by atoms with van der Waals surface area (Å²) in [6, 6.07) is 40.2. The average molecular weight is 580 g/mol. The Labute approximate surface area is 265 Å². The van der Waals surface area contributed by atoms with Crippen molar-refractivity contribution in [3.8, 4) is 11.1 Å².